The van der Waals surface area contributed by atoms with Crippen molar-refractivity contribution in [1.82, 2.24) is 4.90 Å². The van der Waals surface area contributed by atoms with Crippen molar-refractivity contribution in [3.8, 4) is 0 Å². The van der Waals surface area contributed by atoms with Gasteiger partial charge in [0.2, 0.25) is 0 Å². The lowest BCUT2D eigenvalue weighted by atomic mass is 9.76. The maximum atomic E-state index is 13.7. The Bertz CT molecular complexity index is 1330. The monoisotopic (exact) mass is 936 g/mol. The van der Waals surface area contributed by atoms with Gasteiger partial charge in [-0.3, -0.25) is 9.59 Å². The first-order valence-electron chi connectivity index (χ1n) is 28.4. The second-order valence-corrected chi connectivity index (χ2v) is 20.1. The van der Waals surface area contributed by atoms with Crippen molar-refractivity contribution >= 4 is 11.9 Å². The quantitative estimate of drug-likeness (QED) is 0.0342. The Kier molecular flexibility index (Phi) is 38.4. The van der Waals surface area contributed by atoms with Crippen molar-refractivity contribution < 1.29 is 28.5 Å². The van der Waals surface area contributed by atoms with E-state index in [2.05, 4.69) is 100 Å². The summed E-state index contributed by atoms with van der Waals surface area (Å²) in [6.07, 6.45) is 58.1. The third kappa shape index (κ3) is 30.7. The number of hydrogen-bond acceptors (Lipinski definition) is 7. The van der Waals surface area contributed by atoms with Gasteiger partial charge in [-0.05, 0) is 148 Å². The van der Waals surface area contributed by atoms with E-state index in [1.165, 1.54) is 122 Å². The molecule has 0 N–H and O–H groups in total. The molecule has 1 saturated carbocycles. The van der Waals surface area contributed by atoms with E-state index in [9.17, 15) is 9.59 Å². The Balaban J connectivity index is 1.78. The molecule has 1 saturated heterocycles. The van der Waals surface area contributed by atoms with E-state index in [1.807, 2.05) is 0 Å². The average Bonchev–Trinajstić information content (AvgIpc) is 3.70. The second kappa shape index (κ2) is 42.4. The number of ether oxygens (including phenoxy) is 4. The zero-order valence-corrected chi connectivity index (χ0v) is 44.3. The third-order valence-corrected chi connectivity index (χ3v) is 14.4. The molecule has 1 heterocycles. The van der Waals surface area contributed by atoms with Crippen molar-refractivity contribution in [2.75, 3.05) is 46.6 Å². The highest BCUT2D eigenvalue weighted by Gasteiger charge is 2.45. The molecule has 0 aromatic heterocycles. The van der Waals surface area contributed by atoms with Crippen LogP contribution in [0.15, 0.2) is 60.8 Å². The number of carbonyl (C=O) groups is 2. The van der Waals surface area contributed by atoms with Crippen LogP contribution in [0, 0.1) is 17.3 Å². The molecule has 0 spiro atoms. The molecule has 4 atom stereocenters. The maximum absolute atomic E-state index is 13.7. The standard InChI is InChI=1S/C60H105NO6/c1-6-10-13-15-17-19-21-23-25-27-29-31-33-35-37-40-49-64-52-55(65-50-41-38-36-34-32-30-28-26-24-22-20-18-16-14-11-7-2)53-66-58(62)51-54-43-44-57(56(54)42-39-12-8-3)67-59(63)60(9-4)45-47-61(5)48-46-60/h12,17-20,23-26,39,54-57H,6-11,13-16,21-22,27-38,40-53H2,1-5H3/b19-17-,20-18-,25-23-,26-24-,39-12-. The van der Waals surface area contributed by atoms with Gasteiger partial charge in [-0.1, -0.05) is 166 Å². The minimum Gasteiger partial charge on any atom is -0.463 e. The molecule has 4 unspecified atom stereocenters. The topological polar surface area (TPSA) is 74.3 Å². The lowest BCUT2D eigenvalue weighted by Crippen LogP contribution is -2.44. The summed E-state index contributed by atoms with van der Waals surface area (Å²) < 4.78 is 24.9. The highest BCUT2D eigenvalue weighted by Crippen LogP contribution is 2.42. The highest BCUT2D eigenvalue weighted by molar-refractivity contribution is 5.77. The van der Waals surface area contributed by atoms with E-state index >= 15 is 0 Å². The van der Waals surface area contributed by atoms with Crippen LogP contribution >= 0.6 is 0 Å². The van der Waals surface area contributed by atoms with E-state index in [0.29, 0.717) is 26.2 Å². The number of nitrogens with zero attached hydrogens (tertiary/aromatic N) is 1. The molecule has 2 fully saturated rings. The molecular weight excluding hydrogens is 831 g/mol. The molecule has 386 valence electrons. The fourth-order valence-electron chi connectivity index (χ4n) is 9.64. The van der Waals surface area contributed by atoms with Crippen LogP contribution in [0.2, 0.25) is 0 Å². The lowest BCUT2D eigenvalue weighted by Gasteiger charge is -2.39. The van der Waals surface area contributed by atoms with Crippen molar-refractivity contribution in [3.05, 3.63) is 60.8 Å². The maximum Gasteiger partial charge on any atom is 0.312 e. The predicted molar refractivity (Wildman–Crippen MR) is 284 cm³/mol. The minimum absolute atomic E-state index is 0.0314. The van der Waals surface area contributed by atoms with Gasteiger partial charge in [0.1, 0.15) is 18.8 Å². The van der Waals surface area contributed by atoms with Crippen molar-refractivity contribution in [2.24, 2.45) is 17.3 Å². The summed E-state index contributed by atoms with van der Waals surface area (Å²) in [6, 6.07) is 0. The zero-order valence-electron chi connectivity index (χ0n) is 44.3. The smallest absolute Gasteiger partial charge is 0.312 e. The number of rotatable bonds is 43. The molecule has 0 bridgehead atoms. The number of allylic oxidation sites excluding steroid dienone is 10. The van der Waals surface area contributed by atoms with Crippen LogP contribution in [0.5, 0.6) is 0 Å². The molecule has 0 aromatic carbocycles. The molecule has 0 radical (unpaired) electrons. The van der Waals surface area contributed by atoms with Gasteiger partial charge in [-0.15, -0.1) is 0 Å². The van der Waals surface area contributed by atoms with Crippen molar-refractivity contribution in [3.63, 3.8) is 0 Å². The molecule has 2 aliphatic rings. The van der Waals surface area contributed by atoms with Gasteiger partial charge in [0.15, 0.2) is 0 Å². The molecule has 7 nitrogen and oxygen atoms in total. The Morgan fingerprint density at radius 2 is 1.12 bits per heavy atom. The van der Waals surface area contributed by atoms with Crippen LogP contribution in [0.3, 0.4) is 0 Å². The number of unbranched alkanes of at least 4 members (excludes halogenated alkanes) is 18. The van der Waals surface area contributed by atoms with Crippen LogP contribution in [0.4, 0.5) is 0 Å². The Labute approximate surface area is 413 Å². The third-order valence-electron chi connectivity index (χ3n) is 14.4. The van der Waals surface area contributed by atoms with E-state index in [4.69, 9.17) is 18.9 Å². The number of carbonyl (C=O) groups excluding carboxylic acids is 2. The molecule has 7 heteroatoms. The van der Waals surface area contributed by atoms with Crippen molar-refractivity contribution in [1.29, 1.82) is 0 Å². The first-order valence-corrected chi connectivity index (χ1v) is 28.4. The molecule has 67 heavy (non-hydrogen) atoms. The van der Waals surface area contributed by atoms with Gasteiger partial charge in [0, 0.05) is 25.6 Å². The second-order valence-electron chi connectivity index (χ2n) is 20.1. The number of hydrogen-bond donors (Lipinski definition) is 0. The average molecular weight is 937 g/mol. The van der Waals surface area contributed by atoms with Gasteiger partial charge >= 0.3 is 11.9 Å². The summed E-state index contributed by atoms with van der Waals surface area (Å²) in [5, 5.41) is 0. The van der Waals surface area contributed by atoms with E-state index in [0.717, 1.165) is 90.1 Å². The van der Waals surface area contributed by atoms with E-state index in [-0.39, 0.29) is 42.6 Å². The lowest BCUT2D eigenvalue weighted by molar-refractivity contribution is -0.167. The van der Waals surface area contributed by atoms with Crippen LogP contribution in [0.25, 0.3) is 0 Å². The molecular formula is C60H105NO6. The van der Waals surface area contributed by atoms with Gasteiger partial charge in [-0.2, -0.15) is 0 Å². The SMILES string of the molecule is CC/C=C\CC1C(CC(=O)OCC(COCCCCCCCC/C=C\C/C=C\CCCCC)OCCCCCCCC/C=C\C/C=C\CCCCC)CCC1OC(=O)C1(CC)CCN(C)CC1. The van der Waals surface area contributed by atoms with E-state index < -0.39 is 5.41 Å². The predicted octanol–water partition coefficient (Wildman–Crippen LogP) is 16.4. The normalized spacial score (nSPS) is 19.6. The summed E-state index contributed by atoms with van der Waals surface area (Å²) in [6.45, 7) is 12.6. The summed E-state index contributed by atoms with van der Waals surface area (Å²) in [4.78, 5) is 29.5. The molecule has 2 rings (SSSR count). The van der Waals surface area contributed by atoms with Gasteiger partial charge in [0.25, 0.3) is 0 Å². The number of esters is 2. The highest BCUT2D eigenvalue weighted by atomic mass is 16.6. The van der Waals surface area contributed by atoms with Crippen LogP contribution in [-0.4, -0.2) is 75.6 Å². The first kappa shape index (κ1) is 60.6. The Morgan fingerprint density at radius 1 is 0.597 bits per heavy atom. The zero-order chi connectivity index (χ0) is 48.3. The van der Waals surface area contributed by atoms with Crippen LogP contribution < -0.4 is 0 Å². The summed E-state index contributed by atoms with van der Waals surface area (Å²) in [5.74, 6) is 0.0257. The van der Waals surface area contributed by atoms with Crippen LogP contribution in [-0.2, 0) is 28.5 Å². The summed E-state index contributed by atoms with van der Waals surface area (Å²) >= 11 is 0. The Morgan fingerprint density at radius 3 is 1.66 bits per heavy atom. The summed E-state index contributed by atoms with van der Waals surface area (Å²) in [5.41, 5.74) is -0.394. The van der Waals surface area contributed by atoms with E-state index in [1.54, 1.807) is 0 Å². The number of piperidine rings is 1. The van der Waals surface area contributed by atoms with Crippen LogP contribution in [0.1, 0.15) is 233 Å². The molecule has 1 aliphatic heterocycles. The van der Waals surface area contributed by atoms with Gasteiger partial charge < -0.3 is 23.8 Å². The van der Waals surface area contributed by atoms with Gasteiger partial charge in [-0.25, -0.2) is 0 Å². The fourth-order valence-corrected chi connectivity index (χ4v) is 9.64. The van der Waals surface area contributed by atoms with Crippen molar-refractivity contribution in [2.45, 2.75) is 245 Å². The molecule has 0 amide bonds. The summed E-state index contributed by atoms with van der Waals surface area (Å²) in [7, 11) is 2.13. The number of likely N-dealkylation sites (tertiary alicyclic amines) is 1. The molecule has 0 aromatic rings. The first-order chi connectivity index (χ1) is 32.9. The minimum atomic E-state index is -0.394. The molecule has 1 aliphatic carbocycles. The Hall–Kier alpha value is -2.48. The largest absolute Gasteiger partial charge is 0.463 e. The van der Waals surface area contributed by atoms with Gasteiger partial charge in [0.05, 0.1) is 12.0 Å². The fraction of sp³-hybridized carbons (Fsp3) is 0.800.